The fraction of sp³-hybridized carbons (Fsp3) is 0.688. The summed E-state index contributed by atoms with van der Waals surface area (Å²) in [5, 5.41) is 80.5. The van der Waals surface area contributed by atoms with E-state index in [0.717, 1.165) is 12.5 Å². The molecule has 16 atom stereocenters. The molecule has 18 nitrogen and oxygen atoms in total. The Morgan fingerprint density at radius 2 is 1.00 bits per heavy atom. The van der Waals surface area contributed by atoms with Gasteiger partial charge in [-0.2, -0.15) is 0 Å². The van der Waals surface area contributed by atoms with E-state index in [0.29, 0.717) is 0 Å². The molecule has 280 valence electrons. The molecule has 0 bridgehead atoms. The average molecular weight is 717 g/mol. The second-order valence-corrected chi connectivity index (χ2v) is 12.5. The maximum absolute atomic E-state index is 13.4. The first-order valence-electron chi connectivity index (χ1n) is 16.2. The average Bonchev–Trinajstić information content (AvgIpc) is 3.11. The van der Waals surface area contributed by atoms with Gasteiger partial charge in [0.05, 0.1) is 50.1 Å². The molecule has 3 fully saturated rings. The normalized spacial score (nSPS) is 44.2. The summed E-state index contributed by atoms with van der Waals surface area (Å²) in [7, 11) is 0. The number of hydrogen-bond acceptors (Lipinski definition) is 18. The minimum absolute atomic E-state index is 0.0494. The highest BCUT2D eigenvalue weighted by Crippen LogP contribution is 2.40. The van der Waals surface area contributed by atoms with Crippen LogP contribution in [0.4, 0.5) is 0 Å². The van der Waals surface area contributed by atoms with Gasteiger partial charge in [-0.15, -0.1) is 13.2 Å². The molecule has 0 aromatic heterocycles. The van der Waals surface area contributed by atoms with E-state index in [1.807, 2.05) is 0 Å². The van der Waals surface area contributed by atoms with Gasteiger partial charge in [0.2, 0.25) is 12.6 Å². The summed E-state index contributed by atoms with van der Waals surface area (Å²) in [6.45, 7) is 5.87. The smallest absolute Gasteiger partial charge is 0.337 e. The van der Waals surface area contributed by atoms with Crippen molar-refractivity contribution < 1.29 is 88.3 Å². The van der Waals surface area contributed by atoms with Crippen molar-refractivity contribution >= 4 is 11.9 Å². The van der Waals surface area contributed by atoms with Crippen molar-refractivity contribution in [3.05, 3.63) is 49.0 Å². The topological polar surface area (TPSA) is 270 Å². The summed E-state index contributed by atoms with van der Waals surface area (Å²) in [4.78, 5) is 26.8. The second-order valence-electron chi connectivity index (χ2n) is 12.5. The Balaban J connectivity index is 1.30. The Hall–Kier alpha value is -2.98. The van der Waals surface area contributed by atoms with Crippen LogP contribution in [-0.2, 0) is 47.5 Å². The summed E-state index contributed by atoms with van der Waals surface area (Å²) < 4.78 is 45.1. The molecule has 3 saturated heterocycles. The summed E-state index contributed by atoms with van der Waals surface area (Å²) in [6, 6.07) is 0. The van der Waals surface area contributed by atoms with Gasteiger partial charge in [-0.1, -0.05) is 12.2 Å². The fourth-order valence-corrected chi connectivity index (χ4v) is 6.67. The lowest BCUT2D eigenvalue weighted by Gasteiger charge is -2.43. The number of ether oxygens (including phenoxy) is 8. The lowest BCUT2D eigenvalue weighted by molar-refractivity contribution is -0.339. The molecular formula is C32H44O18. The third-order valence-electron chi connectivity index (χ3n) is 9.59. The standard InChI is InChI=1S/C32H44O18/c1-3-13-15-5-7-43-28(42)18-12-46-30(50-32-26(40)24(38)22(36)20(10-34)48-32)14(4-2)16(18)6-8-44-27(41)17(15)11-45-29(13)49-31-25(39)23(37)21(35)19(9-33)47-31/h3-4,11-16,19-26,29-40H,1-2,5-10H2/t13-,14-,15+,16+,19-,20+,21-,22+,23+,24-,25-,26+,29+,30+,31+,32-/m1/s1. The SMILES string of the molecule is C=C[C@H]1[C@H](O[C@H]2O[C@@H](CO)[C@H](O)[C@@H](O)[C@@H]2O)OC=C2C(=O)OCC[C@@H]3C(=CO[C@@H](O[C@@H]4O[C@H](CO)[C@@H](O)[C@H](O)[C@H]4O)[C@@H]3C=C)C(=O)OCC[C@H]21. The largest absolute Gasteiger partial charge is 0.471 e. The molecule has 0 saturated carbocycles. The number of aliphatic hydroxyl groups is 8. The molecule has 0 aliphatic carbocycles. The van der Waals surface area contributed by atoms with Crippen molar-refractivity contribution in [1.82, 2.24) is 0 Å². The van der Waals surface area contributed by atoms with E-state index < -0.39 is 123 Å². The van der Waals surface area contributed by atoms with Crippen LogP contribution in [0.1, 0.15) is 12.8 Å². The maximum Gasteiger partial charge on any atom is 0.337 e. The van der Waals surface area contributed by atoms with Crippen molar-refractivity contribution in [3.8, 4) is 0 Å². The van der Waals surface area contributed by atoms with Crippen LogP contribution in [-0.4, -0.2) is 153 Å². The third-order valence-corrected chi connectivity index (χ3v) is 9.59. The maximum atomic E-state index is 13.4. The molecular weight excluding hydrogens is 672 g/mol. The van der Waals surface area contributed by atoms with Crippen LogP contribution in [0.25, 0.3) is 0 Å². The first-order valence-corrected chi connectivity index (χ1v) is 16.2. The number of aliphatic hydroxyl groups excluding tert-OH is 8. The van der Waals surface area contributed by atoms with E-state index >= 15 is 0 Å². The Morgan fingerprint density at radius 1 is 0.620 bits per heavy atom. The Kier molecular flexibility index (Phi) is 12.7. The van der Waals surface area contributed by atoms with Gasteiger partial charge < -0.3 is 78.7 Å². The lowest BCUT2D eigenvalue weighted by atomic mass is 9.81. The molecule has 5 rings (SSSR count). The minimum atomic E-state index is -1.71. The molecule has 50 heavy (non-hydrogen) atoms. The summed E-state index contributed by atoms with van der Waals surface area (Å²) in [5.74, 6) is -4.57. The van der Waals surface area contributed by atoms with Gasteiger partial charge in [0.25, 0.3) is 0 Å². The first-order chi connectivity index (χ1) is 23.9. The van der Waals surface area contributed by atoms with Gasteiger partial charge in [-0.3, -0.25) is 0 Å². The van der Waals surface area contributed by atoms with Crippen molar-refractivity contribution in [3.63, 3.8) is 0 Å². The molecule has 5 heterocycles. The molecule has 5 aliphatic rings. The van der Waals surface area contributed by atoms with Crippen LogP contribution < -0.4 is 0 Å². The van der Waals surface area contributed by atoms with E-state index in [-0.39, 0.29) is 37.2 Å². The van der Waals surface area contributed by atoms with Gasteiger partial charge in [-0.05, 0) is 12.8 Å². The summed E-state index contributed by atoms with van der Waals surface area (Å²) in [5.41, 5.74) is 0.152. The summed E-state index contributed by atoms with van der Waals surface area (Å²) in [6.07, 6.45) is -12.8. The van der Waals surface area contributed by atoms with E-state index in [1.165, 1.54) is 12.2 Å². The second kappa shape index (κ2) is 16.6. The molecule has 0 spiro atoms. The van der Waals surface area contributed by atoms with Crippen LogP contribution in [0.15, 0.2) is 49.0 Å². The van der Waals surface area contributed by atoms with E-state index in [2.05, 4.69) is 13.2 Å². The van der Waals surface area contributed by atoms with E-state index in [9.17, 15) is 50.4 Å². The van der Waals surface area contributed by atoms with Gasteiger partial charge >= 0.3 is 11.9 Å². The van der Waals surface area contributed by atoms with Crippen LogP contribution in [0.3, 0.4) is 0 Å². The number of esters is 2. The number of rotatable bonds is 8. The molecule has 0 unspecified atom stereocenters. The molecule has 5 aliphatic heterocycles. The molecule has 0 radical (unpaired) electrons. The number of cyclic esters (lactones) is 2. The number of hydrogen-bond donors (Lipinski definition) is 8. The van der Waals surface area contributed by atoms with E-state index in [1.54, 1.807) is 0 Å². The van der Waals surface area contributed by atoms with Gasteiger partial charge in [0, 0.05) is 23.7 Å². The molecule has 8 N–H and O–H groups in total. The van der Waals surface area contributed by atoms with Crippen LogP contribution in [0.5, 0.6) is 0 Å². The van der Waals surface area contributed by atoms with Crippen molar-refractivity contribution in [1.29, 1.82) is 0 Å². The zero-order valence-electron chi connectivity index (χ0n) is 26.9. The lowest BCUT2D eigenvalue weighted by Crippen LogP contribution is -2.60. The monoisotopic (exact) mass is 716 g/mol. The molecule has 0 aromatic rings. The highest BCUT2D eigenvalue weighted by atomic mass is 16.8. The first kappa shape index (κ1) is 38.3. The Bertz CT molecular complexity index is 1190. The Labute approximate surface area is 286 Å². The zero-order valence-corrected chi connectivity index (χ0v) is 26.9. The molecule has 18 heteroatoms. The number of carbonyl (C=O) groups is 2. The number of carbonyl (C=O) groups excluding carboxylic acids is 2. The van der Waals surface area contributed by atoms with Gasteiger partial charge in [0.15, 0.2) is 12.6 Å². The fourth-order valence-electron chi connectivity index (χ4n) is 6.67. The summed E-state index contributed by atoms with van der Waals surface area (Å²) >= 11 is 0. The van der Waals surface area contributed by atoms with Crippen LogP contribution >= 0.6 is 0 Å². The number of fused-ring (bicyclic) bond motifs is 2. The van der Waals surface area contributed by atoms with Crippen LogP contribution in [0, 0.1) is 23.7 Å². The predicted molar refractivity (Wildman–Crippen MR) is 161 cm³/mol. The van der Waals surface area contributed by atoms with Crippen molar-refractivity contribution in [2.45, 2.75) is 86.8 Å². The van der Waals surface area contributed by atoms with E-state index in [4.69, 9.17) is 37.9 Å². The van der Waals surface area contributed by atoms with Gasteiger partial charge in [0.1, 0.15) is 48.8 Å². The Morgan fingerprint density at radius 3 is 1.34 bits per heavy atom. The quantitative estimate of drug-likeness (QED) is 0.0908. The van der Waals surface area contributed by atoms with Gasteiger partial charge in [-0.25, -0.2) is 9.59 Å². The molecule has 0 amide bonds. The van der Waals surface area contributed by atoms with Crippen molar-refractivity contribution in [2.24, 2.45) is 23.7 Å². The van der Waals surface area contributed by atoms with Crippen LogP contribution in [0.2, 0.25) is 0 Å². The third kappa shape index (κ3) is 7.62. The predicted octanol–water partition coefficient (Wildman–Crippen LogP) is -3.18. The minimum Gasteiger partial charge on any atom is -0.471 e. The highest BCUT2D eigenvalue weighted by molar-refractivity contribution is 5.90. The highest BCUT2D eigenvalue weighted by Gasteiger charge is 2.49. The molecule has 0 aromatic carbocycles. The van der Waals surface area contributed by atoms with Crippen molar-refractivity contribution in [2.75, 3.05) is 26.4 Å². The zero-order chi connectivity index (χ0) is 36.3.